The Morgan fingerprint density at radius 3 is 2.56 bits per heavy atom. The third-order valence-electron chi connectivity index (χ3n) is 2.27. The monoisotopic (exact) mass is 344 g/mol. The zero-order valence-corrected chi connectivity index (χ0v) is 10.2. The van der Waals surface area contributed by atoms with Crippen LogP contribution in [0.2, 0.25) is 0 Å². The first-order valence-electron chi connectivity index (χ1n) is 4.72. The second-order valence-electron chi connectivity index (χ2n) is 3.78. The summed E-state index contributed by atoms with van der Waals surface area (Å²) in [5.74, 6) is -0.124. The van der Waals surface area contributed by atoms with Crippen molar-refractivity contribution >= 4 is 22.6 Å². The van der Waals surface area contributed by atoms with Crippen LogP contribution in [0.4, 0.5) is 13.2 Å². The zero-order valence-electron chi connectivity index (χ0n) is 8.07. The van der Waals surface area contributed by atoms with Gasteiger partial charge in [-0.3, -0.25) is 4.79 Å². The summed E-state index contributed by atoms with van der Waals surface area (Å²) in [6, 6.07) is 0. The van der Waals surface area contributed by atoms with Crippen LogP contribution in [0.3, 0.4) is 0 Å². The molecule has 0 aromatic carbocycles. The fraction of sp³-hybridized carbons (Fsp3) is 0.556. The summed E-state index contributed by atoms with van der Waals surface area (Å²) >= 11 is 1.83. The van der Waals surface area contributed by atoms with Crippen LogP contribution in [0.25, 0.3) is 0 Å². The van der Waals surface area contributed by atoms with E-state index >= 15 is 0 Å². The van der Waals surface area contributed by atoms with Crippen LogP contribution in [-0.4, -0.2) is 16.1 Å². The van der Waals surface area contributed by atoms with Gasteiger partial charge in [0, 0.05) is 5.92 Å². The molecule has 0 bridgehead atoms. The Morgan fingerprint density at radius 2 is 2.06 bits per heavy atom. The Labute approximate surface area is 103 Å². The normalized spacial score (nSPS) is 16.5. The molecule has 1 saturated carbocycles. The smallest absolute Gasteiger partial charge is 0.309 e. The molecule has 3 nitrogen and oxygen atoms in total. The second-order valence-corrected chi connectivity index (χ2v) is 4.86. The lowest BCUT2D eigenvalue weighted by molar-refractivity contribution is -0.128. The summed E-state index contributed by atoms with van der Waals surface area (Å²) in [6.45, 7) is 0. The highest BCUT2D eigenvalue weighted by atomic mass is 127. The van der Waals surface area contributed by atoms with Crippen molar-refractivity contribution in [3.05, 3.63) is 25.4 Å². The van der Waals surface area contributed by atoms with E-state index in [9.17, 15) is 18.0 Å². The number of halogens is 4. The van der Waals surface area contributed by atoms with E-state index in [4.69, 9.17) is 0 Å². The predicted molar refractivity (Wildman–Crippen MR) is 59.3 cm³/mol. The van der Waals surface area contributed by atoms with Gasteiger partial charge in [-0.25, -0.2) is 4.98 Å². The lowest BCUT2D eigenvalue weighted by atomic mass is 10.2. The molecule has 0 spiro atoms. The van der Waals surface area contributed by atoms with Crippen LogP contribution in [0.1, 0.15) is 30.3 Å². The van der Waals surface area contributed by atoms with Crippen molar-refractivity contribution in [2.75, 3.05) is 0 Å². The SMILES string of the molecule is O=c1[nH]c(CC(F)(F)F)nc(C2CC2)c1I. The molecule has 0 atom stereocenters. The first-order valence-corrected chi connectivity index (χ1v) is 5.80. The van der Waals surface area contributed by atoms with E-state index in [2.05, 4.69) is 9.97 Å². The number of nitrogens with one attached hydrogen (secondary N) is 1. The highest BCUT2D eigenvalue weighted by Gasteiger charge is 2.32. The number of H-pyrrole nitrogens is 1. The number of hydrogen-bond donors (Lipinski definition) is 1. The molecular formula is C9H8F3IN2O. The van der Waals surface area contributed by atoms with Gasteiger partial charge in [0.15, 0.2) is 0 Å². The minimum Gasteiger partial charge on any atom is -0.309 e. The van der Waals surface area contributed by atoms with Gasteiger partial charge in [-0.2, -0.15) is 13.2 Å². The predicted octanol–water partition coefficient (Wildman–Crippen LogP) is 2.36. The van der Waals surface area contributed by atoms with Crippen molar-refractivity contribution in [3.8, 4) is 0 Å². The summed E-state index contributed by atoms with van der Waals surface area (Å²) < 4.78 is 36.9. The number of rotatable bonds is 2. The number of aromatic nitrogens is 2. The minimum absolute atomic E-state index is 0.168. The van der Waals surface area contributed by atoms with Gasteiger partial charge in [-0.05, 0) is 35.4 Å². The lowest BCUT2D eigenvalue weighted by Gasteiger charge is -2.08. The van der Waals surface area contributed by atoms with E-state index in [-0.39, 0.29) is 11.7 Å². The summed E-state index contributed by atoms with van der Waals surface area (Å²) in [5.41, 5.74) is 0.0420. The van der Waals surface area contributed by atoms with Gasteiger partial charge in [0.2, 0.25) is 0 Å². The molecule has 1 aromatic rings. The van der Waals surface area contributed by atoms with E-state index < -0.39 is 18.2 Å². The van der Waals surface area contributed by atoms with Crippen LogP contribution in [0, 0.1) is 3.57 Å². The van der Waals surface area contributed by atoms with Crippen molar-refractivity contribution in [1.29, 1.82) is 0 Å². The van der Waals surface area contributed by atoms with Gasteiger partial charge in [-0.15, -0.1) is 0 Å². The van der Waals surface area contributed by atoms with Crippen molar-refractivity contribution < 1.29 is 13.2 Å². The maximum absolute atomic E-state index is 12.2. The molecule has 2 rings (SSSR count). The maximum atomic E-state index is 12.2. The molecular weight excluding hydrogens is 336 g/mol. The summed E-state index contributed by atoms with van der Waals surface area (Å²) in [5, 5.41) is 0. The van der Waals surface area contributed by atoms with Crippen molar-refractivity contribution in [2.45, 2.75) is 31.4 Å². The number of aromatic amines is 1. The second kappa shape index (κ2) is 4.01. The van der Waals surface area contributed by atoms with E-state index in [1.165, 1.54) is 0 Å². The van der Waals surface area contributed by atoms with Crippen molar-refractivity contribution in [1.82, 2.24) is 9.97 Å². The molecule has 1 N–H and O–H groups in total. The molecule has 0 saturated heterocycles. The highest BCUT2D eigenvalue weighted by molar-refractivity contribution is 14.1. The minimum atomic E-state index is -4.34. The van der Waals surface area contributed by atoms with E-state index in [1.54, 1.807) is 0 Å². The Bertz CT molecular complexity index is 465. The Morgan fingerprint density at radius 1 is 1.44 bits per heavy atom. The number of alkyl halides is 3. The van der Waals surface area contributed by atoms with Crippen LogP contribution < -0.4 is 5.56 Å². The summed E-state index contributed by atoms with van der Waals surface area (Å²) in [4.78, 5) is 17.5. The molecule has 1 aliphatic rings. The molecule has 1 aliphatic carbocycles. The van der Waals surface area contributed by atoms with E-state index in [0.29, 0.717) is 9.26 Å². The molecule has 0 amide bonds. The van der Waals surface area contributed by atoms with Crippen molar-refractivity contribution in [3.63, 3.8) is 0 Å². The fourth-order valence-electron chi connectivity index (χ4n) is 1.43. The van der Waals surface area contributed by atoms with Gasteiger partial charge in [0.25, 0.3) is 5.56 Å². The van der Waals surface area contributed by atoms with Crippen LogP contribution in [0.5, 0.6) is 0 Å². The molecule has 7 heteroatoms. The third kappa shape index (κ3) is 2.74. The standard InChI is InChI=1S/C9H8F3IN2O/c10-9(11,12)3-5-14-7(4-1-2-4)6(13)8(16)15-5/h4H,1-3H2,(H,14,15,16). The van der Waals surface area contributed by atoms with Crippen LogP contribution in [0.15, 0.2) is 4.79 Å². The molecule has 1 aromatic heterocycles. The Balaban J connectivity index is 2.37. The lowest BCUT2D eigenvalue weighted by Crippen LogP contribution is -2.22. The van der Waals surface area contributed by atoms with E-state index in [0.717, 1.165) is 12.8 Å². The summed E-state index contributed by atoms with van der Waals surface area (Å²) in [7, 11) is 0. The van der Waals surface area contributed by atoms with Crippen LogP contribution >= 0.6 is 22.6 Å². The molecule has 0 unspecified atom stereocenters. The van der Waals surface area contributed by atoms with Gasteiger partial charge in [-0.1, -0.05) is 0 Å². The molecule has 1 fully saturated rings. The quantitative estimate of drug-likeness (QED) is 0.838. The zero-order chi connectivity index (χ0) is 11.9. The molecule has 88 valence electrons. The number of nitrogens with zero attached hydrogens (tertiary/aromatic N) is 1. The van der Waals surface area contributed by atoms with Gasteiger partial charge in [0.1, 0.15) is 12.2 Å². The Hall–Kier alpha value is -0.600. The average Bonchev–Trinajstić information content (AvgIpc) is 2.91. The molecule has 0 radical (unpaired) electrons. The van der Waals surface area contributed by atoms with Gasteiger partial charge in [0.05, 0.1) is 9.26 Å². The third-order valence-corrected chi connectivity index (χ3v) is 3.31. The highest BCUT2D eigenvalue weighted by Crippen LogP contribution is 2.40. The first kappa shape index (κ1) is 11.9. The molecule has 1 heterocycles. The largest absolute Gasteiger partial charge is 0.396 e. The average molecular weight is 344 g/mol. The van der Waals surface area contributed by atoms with Gasteiger partial charge < -0.3 is 4.98 Å². The van der Waals surface area contributed by atoms with Gasteiger partial charge >= 0.3 is 6.18 Å². The molecule has 0 aliphatic heterocycles. The molecule has 16 heavy (non-hydrogen) atoms. The maximum Gasteiger partial charge on any atom is 0.396 e. The van der Waals surface area contributed by atoms with Crippen LogP contribution in [-0.2, 0) is 6.42 Å². The van der Waals surface area contributed by atoms with Crippen molar-refractivity contribution in [2.24, 2.45) is 0 Å². The van der Waals surface area contributed by atoms with E-state index in [1.807, 2.05) is 22.6 Å². The number of hydrogen-bond acceptors (Lipinski definition) is 2. The summed E-state index contributed by atoms with van der Waals surface area (Å²) in [6.07, 6.45) is -3.72. The first-order chi connectivity index (χ1) is 7.37. The Kier molecular flexibility index (Phi) is 2.97. The topological polar surface area (TPSA) is 45.8 Å². The fourth-order valence-corrected chi connectivity index (χ4v) is 2.12.